The van der Waals surface area contributed by atoms with E-state index in [-0.39, 0.29) is 11.1 Å². The normalized spacial score (nSPS) is 16.0. The third-order valence-electron chi connectivity index (χ3n) is 5.65. The highest BCUT2D eigenvalue weighted by Gasteiger charge is 2.50. The van der Waals surface area contributed by atoms with E-state index in [1.165, 1.54) is 22.5 Å². The van der Waals surface area contributed by atoms with E-state index in [9.17, 15) is 0 Å². The molecule has 3 nitrogen and oxygen atoms in total. The van der Waals surface area contributed by atoms with Crippen molar-refractivity contribution in [2.24, 2.45) is 0 Å². The molecule has 0 radical (unpaired) electrons. The highest BCUT2D eigenvalue weighted by atomic mass is 15.5. The van der Waals surface area contributed by atoms with Crippen molar-refractivity contribution in [3.63, 3.8) is 0 Å². The van der Waals surface area contributed by atoms with E-state index in [0.717, 1.165) is 12.2 Å². The molecule has 134 valence electrons. The van der Waals surface area contributed by atoms with E-state index in [0.29, 0.717) is 0 Å². The highest BCUT2D eigenvalue weighted by Crippen LogP contribution is 2.47. The van der Waals surface area contributed by atoms with Crippen LogP contribution in [0.15, 0.2) is 60.7 Å². The van der Waals surface area contributed by atoms with Gasteiger partial charge < -0.3 is 4.90 Å². The second-order valence-electron chi connectivity index (χ2n) is 8.30. The average molecular weight is 345 g/mol. The molecule has 1 aliphatic rings. The first kappa shape index (κ1) is 16.9. The molecule has 4 rings (SSSR count). The minimum Gasteiger partial charge on any atom is -0.349 e. The molecule has 0 amide bonds. The van der Waals surface area contributed by atoms with Gasteiger partial charge in [0.1, 0.15) is 11.4 Å². The third-order valence-corrected chi connectivity index (χ3v) is 5.65. The Balaban J connectivity index is 2.07. The van der Waals surface area contributed by atoms with Gasteiger partial charge in [-0.3, -0.25) is 0 Å². The van der Waals surface area contributed by atoms with Gasteiger partial charge in [0.2, 0.25) is 0 Å². The van der Waals surface area contributed by atoms with Crippen LogP contribution in [-0.4, -0.2) is 21.9 Å². The Labute approximate surface area is 156 Å². The molecule has 0 saturated carbocycles. The largest absolute Gasteiger partial charge is 0.349 e. The molecular formula is C23H27N3. The molecule has 0 saturated heterocycles. The minimum absolute atomic E-state index is 0.0142. The van der Waals surface area contributed by atoms with Gasteiger partial charge in [-0.25, -0.2) is 4.68 Å². The van der Waals surface area contributed by atoms with Crippen LogP contribution < -0.4 is 4.90 Å². The van der Waals surface area contributed by atoms with Crippen molar-refractivity contribution >= 4 is 5.82 Å². The SMILES string of the molecule is Cc1nn2c(c1C)N(C(C)(C)C)CC2(c1ccccc1)c1ccccc1. The molecule has 0 unspecified atom stereocenters. The summed E-state index contributed by atoms with van der Waals surface area (Å²) in [6, 6.07) is 21.6. The van der Waals surface area contributed by atoms with E-state index in [1.807, 2.05) is 0 Å². The Hall–Kier alpha value is -2.55. The maximum absolute atomic E-state index is 5.04. The van der Waals surface area contributed by atoms with Crippen molar-refractivity contribution in [1.29, 1.82) is 0 Å². The number of fused-ring (bicyclic) bond motifs is 1. The van der Waals surface area contributed by atoms with Gasteiger partial charge in [-0.05, 0) is 45.7 Å². The lowest BCUT2D eigenvalue weighted by atomic mass is 9.83. The van der Waals surface area contributed by atoms with Crippen molar-refractivity contribution in [2.75, 3.05) is 11.4 Å². The predicted octanol–water partition coefficient (Wildman–Crippen LogP) is 4.91. The fourth-order valence-electron chi connectivity index (χ4n) is 4.12. The number of nitrogens with zero attached hydrogens (tertiary/aromatic N) is 3. The fraction of sp³-hybridized carbons (Fsp3) is 0.348. The van der Waals surface area contributed by atoms with Crippen LogP contribution >= 0.6 is 0 Å². The topological polar surface area (TPSA) is 21.1 Å². The zero-order chi connectivity index (χ0) is 18.5. The van der Waals surface area contributed by atoms with Crippen molar-refractivity contribution < 1.29 is 0 Å². The summed E-state index contributed by atoms with van der Waals surface area (Å²) in [5, 5.41) is 5.04. The lowest BCUT2D eigenvalue weighted by Crippen LogP contribution is -2.46. The monoisotopic (exact) mass is 345 g/mol. The smallest absolute Gasteiger partial charge is 0.132 e. The summed E-state index contributed by atoms with van der Waals surface area (Å²) in [5.74, 6) is 1.24. The van der Waals surface area contributed by atoms with E-state index < -0.39 is 0 Å². The lowest BCUT2D eigenvalue weighted by Gasteiger charge is -2.37. The second-order valence-corrected chi connectivity index (χ2v) is 8.30. The van der Waals surface area contributed by atoms with Crippen LogP contribution in [0.25, 0.3) is 0 Å². The molecule has 26 heavy (non-hydrogen) atoms. The summed E-state index contributed by atoms with van der Waals surface area (Å²) >= 11 is 0. The zero-order valence-electron chi connectivity index (χ0n) is 16.3. The summed E-state index contributed by atoms with van der Waals surface area (Å²) in [4.78, 5) is 2.52. The summed E-state index contributed by atoms with van der Waals surface area (Å²) in [7, 11) is 0. The van der Waals surface area contributed by atoms with Crippen LogP contribution in [0.3, 0.4) is 0 Å². The number of aromatic nitrogens is 2. The lowest BCUT2D eigenvalue weighted by molar-refractivity contribution is 0.416. The molecule has 0 atom stereocenters. The van der Waals surface area contributed by atoms with Crippen LogP contribution in [0.5, 0.6) is 0 Å². The van der Waals surface area contributed by atoms with Crippen LogP contribution in [0.1, 0.15) is 43.2 Å². The predicted molar refractivity (Wildman–Crippen MR) is 108 cm³/mol. The number of hydrogen-bond acceptors (Lipinski definition) is 2. The van der Waals surface area contributed by atoms with Gasteiger partial charge in [0, 0.05) is 11.1 Å². The quantitative estimate of drug-likeness (QED) is 0.658. The van der Waals surface area contributed by atoms with Crippen molar-refractivity contribution in [3.8, 4) is 0 Å². The number of hydrogen-bond donors (Lipinski definition) is 0. The molecule has 3 aromatic rings. The number of benzene rings is 2. The summed E-state index contributed by atoms with van der Waals surface area (Å²) in [6.07, 6.45) is 0. The van der Waals surface area contributed by atoms with E-state index in [4.69, 9.17) is 5.10 Å². The van der Waals surface area contributed by atoms with Crippen molar-refractivity contribution in [1.82, 2.24) is 9.78 Å². The molecule has 1 aromatic heterocycles. The Morgan fingerprint density at radius 2 is 1.35 bits per heavy atom. The molecular weight excluding hydrogens is 318 g/mol. The van der Waals surface area contributed by atoms with Gasteiger partial charge in [0.25, 0.3) is 0 Å². The van der Waals surface area contributed by atoms with Gasteiger partial charge in [-0.15, -0.1) is 0 Å². The number of aryl methyl sites for hydroxylation is 1. The molecule has 0 bridgehead atoms. The van der Waals surface area contributed by atoms with Crippen molar-refractivity contribution in [3.05, 3.63) is 83.0 Å². The maximum atomic E-state index is 5.04. The van der Waals surface area contributed by atoms with Gasteiger partial charge in [0.15, 0.2) is 0 Å². The molecule has 2 heterocycles. The van der Waals surface area contributed by atoms with Gasteiger partial charge >= 0.3 is 0 Å². The van der Waals surface area contributed by atoms with E-state index in [2.05, 4.69) is 105 Å². The molecule has 2 aromatic carbocycles. The highest BCUT2D eigenvalue weighted by molar-refractivity contribution is 5.61. The van der Waals surface area contributed by atoms with Crippen LogP contribution in [0, 0.1) is 13.8 Å². The maximum Gasteiger partial charge on any atom is 0.132 e. The summed E-state index contributed by atoms with van der Waals surface area (Å²) < 4.78 is 2.27. The first-order valence-electron chi connectivity index (χ1n) is 9.31. The molecule has 0 fully saturated rings. The number of rotatable bonds is 2. The van der Waals surface area contributed by atoms with Crippen molar-refractivity contribution in [2.45, 2.75) is 45.7 Å². The Morgan fingerprint density at radius 1 is 0.846 bits per heavy atom. The van der Waals surface area contributed by atoms with Gasteiger partial charge in [0.05, 0.1) is 12.2 Å². The van der Waals surface area contributed by atoms with Crippen LogP contribution in [-0.2, 0) is 5.54 Å². The third kappa shape index (κ3) is 2.30. The summed E-state index contributed by atoms with van der Waals surface area (Å²) in [6.45, 7) is 12.0. The standard InChI is InChI=1S/C23H27N3/c1-17-18(2)24-26-21(17)25(22(3,4)5)16-23(26,19-12-8-6-9-13-19)20-14-10-7-11-15-20/h6-15H,16H2,1-5H3. The van der Waals surface area contributed by atoms with Crippen LogP contribution in [0.4, 0.5) is 5.82 Å². The second kappa shape index (κ2) is 5.73. The molecule has 0 N–H and O–H groups in total. The van der Waals surface area contributed by atoms with Gasteiger partial charge in [-0.2, -0.15) is 5.10 Å². The first-order valence-corrected chi connectivity index (χ1v) is 9.31. The molecule has 0 spiro atoms. The molecule has 0 aliphatic carbocycles. The van der Waals surface area contributed by atoms with Gasteiger partial charge in [-0.1, -0.05) is 60.7 Å². The van der Waals surface area contributed by atoms with Crippen LogP contribution in [0.2, 0.25) is 0 Å². The van der Waals surface area contributed by atoms with E-state index >= 15 is 0 Å². The Morgan fingerprint density at radius 3 is 1.81 bits per heavy atom. The number of anilines is 1. The fourth-order valence-corrected chi connectivity index (χ4v) is 4.12. The average Bonchev–Trinajstić information content (AvgIpc) is 3.12. The Bertz CT molecular complexity index is 878. The molecule has 1 aliphatic heterocycles. The molecule has 3 heteroatoms. The minimum atomic E-state index is -0.315. The van der Waals surface area contributed by atoms with E-state index in [1.54, 1.807) is 0 Å². The zero-order valence-corrected chi connectivity index (χ0v) is 16.3. The Kier molecular flexibility index (Phi) is 3.72. The summed E-state index contributed by atoms with van der Waals surface area (Å²) in [5.41, 5.74) is 4.63. The first-order chi connectivity index (χ1) is 12.4.